The molecule has 0 saturated carbocycles. The number of likely N-dealkylation sites (N-methyl/N-ethyl adjacent to an activating group) is 1. The molecule has 5 nitrogen and oxygen atoms in total. The number of benzene rings is 3. The van der Waals surface area contributed by atoms with Gasteiger partial charge < -0.3 is 15.0 Å². The lowest BCUT2D eigenvalue weighted by Crippen LogP contribution is -2.46. The summed E-state index contributed by atoms with van der Waals surface area (Å²) in [5.74, 6) is 0.206. The van der Waals surface area contributed by atoms with Crippen molar-refractivity contribution in [1.82, 2.24) is 5.32 Å². The van der Waals surface area contributed by atoms with Gasteiger partial charge in [-0.05, 0) is 47.9 Å². The van der Waals surface area contributed by atoms with Gasteiger partial charge in [0, 0.05) is 34.6 Å². The van der Waals surface area contributed by atoms with Crippen molar-refractivity contribution < 1.29 is 14.3 Å². The number of amides is 2. The van der Waals surface area contributed by atoms with Gasteiger partial charge in [0.2, 0.25) is 5.91 Å². The minimum atomic E-state index is -0.842. The molecule has 0 saturated heterocycles. The Morgan fingerprint density at radius 3 is 2.47 bits per heavy atom. The van der Waals surface area contributed by atoms with Crippen molar-refractivity contribution in [1.29, 1.82) is 0 Å². The molecule has 1 aliphatic rings. The Morgan fingerprint density at radius 1 is 1.03 bits per heavy atom. The van der Waals surface area contributed by atoms with E-state index in [2.05, 4.69) is 5.32 Å². The minimum Gasteiger partial charge on any atom is -0.496 e. The molecule has 0 spiro atoms. The molecule has 4 rings (SSSR count). The highest BCUT2D eigenvalue weighted by Crippen LogP contribution is 2.38. The highest BCUT2D eigenvalue weighted by molar-refractivity contribution is 6.35. The average molecular weight is 495 g/mol. The number of methoxy groups -OCH3 is 1. The molecule has 0 radical (unpaired) electrons. The van der Waals surface area contributed by atoms with Crippen LogP contribution in [-0.2, 0) is 16.0 Å². The maximum atomic E-state index is 13.3. The molecule has 1 unspecified atom stereocenters. The smallest absolute Gasteiger partial charge is 0.253 e. The number of halogens is 2. The SMILES string of the molecule is COc1ccccc1C1=CC(NC(=O)CCc2ccc(Cl)cc2Cl)C(=O)N(C)c2ccccc21. The Morgan fingerprint density at radius 2 is 1.74 bits per heavy atom. The molecule has 0 fully saturated rings. The van der Waals surface area contributed by atoms with Gasteiger partial charge in [-0.1, -0.05) is 65.7 Å². The Bertz CT molecular complexity index is 1270. The van der Waals surface area contributed by atoms with Gasteiger partial charge in [0.15, 0.2) is 0 Å². The number of rotatable bonds is 6. The second kappa shape index (κ2) is 10.3. The monoisotopic (exact) mass is 494 g/mol. The predicted octanol–water partition coefficient (Wildman–Crippen LogP) is 5.53. The van der Waals surface area contributed by atoms with Crippen LogP contribution in [0.25, 0.3) is 5.57 Å². The summed E-state index contributed by atoms with van der Waals surface area (Å²) >= 11 is 12.2. The van der Waals surface area contributed by atoms with Gasteiger partial charge in [0.1, 0.15) is 11.8 Å². The van der Waals surface area contributed by atoms with E-state index in [1.54, 1.807) is 43.3 Å². The van der Waals surface area contributed by atoms with Crippen molar-refractivity contribution in [3.63, 3.8) is 0 Å². The normalized spacial score (nSPS) is 15.3. The summed E-state index contributed by atoms with van der Waals surface area (Å²) < 4.78 is 5.58. The van der Waals surface area contributed by atoms with Crippen LogP contribution in [0.5, 0.6) is 5.75 Å². The van der Waals surface area contributed by atoms with Crippen LogP contribution >= 0.6 is 23.2 Å². The first-order chi connectivity index (χ1) is 16.4. The average Bonchev–Trinajstić information content (AvgIpc) is 2.94. The first kappa shape index (κ1) is 23.9. The third-order valence-corrected chi connectivity index (χ3v) is 6.42. The highest BCUT2D eigenvalue weighted by Gasteiger charge is 2.30. The maximum absolute atomic E-state index is 13.3. The molecule has 3 aromatic carbocycles. The van der Waals surface area contributed by atoms with Crippen molar-refractivity contribution in [2.45, 2.75) is 18.9 Å². The molecule has 1 atom stereocenters. The summed E-state index contributed by atoms with van der Waals surface area (Å²) in [6.07, 6.45) is 2.41. The zero-order valence-corrected chi connectivity index (χ0v) is 20.4. The number of nitrogens with zero attached hydrogens (tertiary/aromatic N) is 1. The first-order valence-electron chi connectivity index (χ1n) is 10.8. The standard InChI is InChI=1S/C27H24Cl2N2O3/c1-31-24-9-5-3-7-19(24)21(20-8-4-6-10-25(20)34-2)16-23(27(31)33)30-26(32)14-12-17-11-13-18(28)15-22(17)29/h3-11,13,15-16,23H,12,14H2,1-2H3,(H,30,32). The lowest BCUT2D eigenvalue weighted by molar-refractivity contribution is -0.126. The van der Waals surface area contributed by atoms with Crippen LogP contribution in [0.4, 0.5) is 5.69 Å². The fourth-order valence-corrected chi connectivity index (χ4v) is 4.58. The van der Waals surface area contributed by atoms with Gasteiger partial charge in [-0.25, -0.2) is 0 Å². The van der Waals surface area contributed by atoms with Gasteiger partial charge in [-0.2, -0.15) is 0 Å². The van der Waals surface area contributed by atoms with Gasteiger partial charge in [0.25, 0.3) is 5.91 Å². The quantitative estimate of drug-likeness (QED) is 0.490. The molecule has 1 aliphatic heterocycles. The van der Waals surface area contributed by atoms with Crippen LogP contribution in [0.15, 0.2) is 72.8 Å². The number of carbonyl (C=O) groups is 2. The highest BCUT2D eigenvalue weighted by atomic mass is 35.5. The van der Waals surface area contributed by atoms with E-state index in [-0.39, 0.29) is 18.2 Å². The number of nitrogens with one attached hydrogen (secondary N) is 1. The van der Waals surface area contributed by atoms with E-state index in [0.29, 0.717) is 22.2 Å². The molecule has 0 bridgehead atoms. The van der Waals surface area contributed by atoms with E-state index in [1.165, 1.54) is 0 Å². The van der Waals surface area contributed by atoms with Crippen molar-refractivity contribution >= 4 is 46.3 Å². The van der Waals surface area contributed by atoms with E-state index in [4.69, 9.17) is 27.9 Å². The van der Waals surface area contributed by atoms with Crippen LogP contribution in [0.3, 0.4) is 0 Å². The fraction of sp³-hybridized carbons (Fsp3) is 0.185. The van der Waals surface area contributed by atoms with E-state index in [0.717, 1.165) is 28.0 Å². The van der Waals surface area contributed by atoms with Crippen molar-refractivity contribution in [2.24, 2.45) is 0 Å². The number of anilines is 1. The number of fused-ring (bicyclic) bond motifs is 1. The lowest BCUT2D eigenvalue weighted by atomic mass is 9.94. The summed E-state index contributed by atoms with van der Waals surface area (Å²) in [4.78, 5) is 27.8. The molecular weight excluding hydrogens is 471 g/mol. The Kier molecular flexibility index (Phi) is 7.25. The van der Waals surface area contributed by atoms with Crippen LogP contribution < -0.4 is 15.0 Å². The lowest BCUT2D eigenvalue weighted by Gasteiger charge is -2.22. The number of hydrogen-bond acceptors (Lipinski definition) is 3. The van der Waals surface area contributed by atoms with Gasteiger partial charge in [0.05, 0.1) is 12.8 Å². The van der Waals surface area contributed by atoms with E-state index in [9.17, 15) is 9.59 Å². The van der Waals surface area contributed by atoms with Gasteiger partial charge >= 0.3 is 0 Å². The van der Waals surface area contributed by atoms with Crippen molar-refractivity contribution in [3.8, 4) is 5.75 Å². The zero-order chi connectivity index (χ0) is 24.2. The number of carbonyl (C=O) groups excluding carboxylic acids is 2. The Labute approximate surface area is 208 Å². The van der Waals surface area contributed by atoms with Crippen molar-refractivity contribution in [3.05, 3.63) is 99.5 Å². The number of aryl methyl sites for hydroxylation is 1. The molecule has 1 heterocycles. The van der Waals surface area contributed by atoms with Crippen LogP contribution in [0.2, 0.25) is 10.0 Å². The molecule has 174 valence electrons. The van der Waals surface area contributed by atoms with Gasteiger partial charge in [-0.3, -0.25) is 9.59 Å². The van der Waals surface area contributed by atoms with E-state index >= 15 is 0 Å². The summed E-state index contributed by atoms with van der Waals surface area (Å²) in [6.45, 7) is 0. The molecule has 34 heavy (non-hydrogen) atoms. The van der Waals surface area contributed by atoms with Gasteiger partial charge in [-0.15, -0.1) is 0 Å². The zero-order valence-electron chi connectivity index (χ0n) is 18.8. The molecule has 0 aliphatic carbocycles. The molecule has 1 N–H and O–H groups in total. The third-order valence-electron chi connectivity index (χ3n) is 5.84. The molecule has 7 heteroatoms. The maximum Gasteiger partial charge on any atom is 0.253 e. The molecule has 2 amide bonds. The molecule has 0 aromatic heterocycles. The number of hydrogen-bond donors (Lipinski definition) is 1. The largest absolute Gasteiger partial charge is 0.496 e. The van der Waals surface area contributed by atoms with Crippen LogP contribution in [-0.4, -0.2) is 32.0 Å². The topological polar surface area (TPSA) is 58.6 Å². The second-order valence-electron chi connectivity index (χ2n) is 7.98. The summed E-state index contributed by atoms with van der Waals surface area (Å²) in [5.41, 5.74) is 4.12. The molecular formula is C27H24Cl2N2O3. The van der Waals surface area contributed by atoms with E-state index < -0.39 is 6.04 Å². The molecule has 3 aromatic rings. The second-order valence-corrected chi connectivity index (χ2v) is 8.82. The predicted molar refractivity (Wildman–Crippen MR) is 137 cm³/mol. The summed E-state index contributed by atoms with van der Waals surface area (Å²) in [7, 11) is 3.33. The first-order valence-corrected chi connectivity index (χ1v) is 11.6. The Balaban J connectivity index is 1.65. The Hall–Kier alpha value is -3.28. The minimum absolute atomic E-state index is 0.180. The van der Waals surface area contributed by atoms with Crippen LogP contribution in [0.1, 0.15) is 23.1 Å². The van der Waals surface area contributed by atoms with Crippen LogP contribution in [0, 0.1) is 0 Å². The third kappa shape index (κ3) is 4.96. The number of ether oxygens (including phenoxy) is 1. The van der Waals surface area contributed by atoms with E-state index in [1.807, 2.05) is 48.5 Å². The summed E-state index contributed by atoms with van der Waals surface area (Å²) in [5, 5.41) is 3.95. The van der Waals surface area contributed by atoms with Crippen molar-refractivity contribution in [2.75, 3.05) is 19.1 Å². The number of para-hydroxylation sites is 2. The summed E-state index contributed by atoms with van der Waals surface area (Å²) in [6, 6.07) is 19.6. The fourth-order valence-electron chi connectivity index (χ4n) is 4.07.